The summed E-state index contributed by atoms with van der Waals surface area (Å²) in [6.45, 7) is 3.74. The molecular formula is C11H15N3O2. The first-order valence-electron chi connectivity index (χ1n) is 5.30. The summed E-state index contributed by atoms with van der Waals surface area (Å²) in [7, 11) is 0. The van der Waals surface area contributed by atoms with Crippen molar-refractivity contribution in [1.29, 1.82) is 5.26 Å². The van der Waals surface area contributed by atoms with Crippen molar-refractivity contribution in [2.45, 2.75) is 19.8 Å². The van der Waals surface area contributed by atoms with E-state index in [1.165, 1.54) is 6.20 Å². The summed E-state index contributed by atoms with van der Waals surface area (Å²) >= 11 is 0. The monoisotopic (exact) mass is 221 g/mol. The molecule has 0 saturated carbocycles. The van der Waals surface area contributed by atoms with Crippen LogP contribution < -0.4 is 4.74 Å². The number of hydrogen-bond acceptors (Lipinski definition) is 5. The third-order valence-electron chi connectivity index (χ3n) is 1.92. The molecule has 0 unspecified atom stereocenters. The zero-order valence-corrected chi connectivity index (χ0v) is 9.35. The van der Waals surface area contributed by atoms with E-state index in [0.29, 0.717) is 18.8 Å². The van der Waals surface area contributed by atoms with Crippen LogP contribution in [0.5, 0.6) is 5.88 Å². The summed E-state index contributed by atoms with van der Waals surface area (Å²) in [5.41, 5.74) is 0.392. The van der Waals surface area contributed by atoms with Gasteiger partial charge < -0.3 is 9.47 Å². The second-order valence-electron chi connectivity index (χ2n) is 3.18. The Morgan fingerprint density at radius 1 is 1.38 bits per heavy atom. The van der Waals surface area contributed by atoms with Gasteiger partial charge in [-0.3, -0.25) is 0 Å². The number of rotatable bonds is 7. The summed E-state index contributed by atoms with van der Waals surface area (Å²) in [5.74, 6) is 0.268. The highest BCUT2D eigenvalue weighted by Crippen LogP contribution is 2.10. The summed E-state index contributed by atoms with van der Waals surface area (Å²) in [5, 5.41) is 16.1. The highest BCUT2D eigenvalue weighted by atomic mass is 16.5. The molecule has 0 fully saturated rings. The van der Waals surface area contributed by atoms with Crippen LogP contribution in [0.15, 0.2) is 12.3 Å². The third kappa shape index (κ3) is 4.24. The van der Waals surface area contributed by atoms with Crippen molar-refractivity contribution in [3.8, 4) is 11.9 Å². The molecule has 5 heteroatoms. The lowest BCUT2D eigenvalue weighted by Gasteiger charge is -2.06. The molecule has 0 aliphatic heterocycles. The first kappa shape index (κ1) is 12.4. The number of aromatic nitrogens is 2. The molecule has 0 bridgehead atoms. The van der Waals surface area contributed by atoms with Crippen molar-refractivity contribution in [2.75, 3.05) is 19.8 Å². The molecule has 86 valence electrons. The molecule has 0 aliphatic rings. The Balaban J connectivity index is 2.24. The van der Waals surface area contributed by atoms with E-state index in [9.17, 15) is 0 Å². The van der Waals surface area contributed by atoms with Crippen molar-refractivity contribution in [3.63, 3.8) is 0 Å². The molecule has 1 aromatic rings. The Labute approximate surface area is 95.0 Å². The number of nitriles is 1. The van der Waals surface area contributed by atoms with Gasteiger partial charge in [0.1, 0.15) is 18.2 Å². The summed E-state index contributed by atoms with van der Waals surface area (Å²) in [6.07, 6.45) is 3.63. The second-order valence-corrected chi connectivity index (χ2v) is 3.18. The van der Waals surface area contributed by atoms with E-state index in [-0.39, 0.29) is 5.88 Å². The molecule has 0 saturated heterocycles. The Bertz CT molecular complexity index is 349. The van der Waals surface area contributed by atoms with Crippen LogP contribution >= 0.6 is 0 Å². The molecule has 0 spiro atoms. The van der Waals surface area contributed by atoms with Crippen LogP contribution in [-0.4, -0.2) is 30.0 Å². The lowest BCUT2D eigenvalue weighted by atomic mass is 10.3. The lowest BCUT2D eigenvalue weighted by Crippen LogP contribution is -2.09. The quantitative estimate of drug-likeness (QED) is 0.653. The average Bonchev–Trinajstić information content (AvgIpc) is 2.34. The molecule has 0 amide bonds. The molecule has 1 aromatic heterocycles. The van der Waals surface area contributed by atoms with Gasteiger partial charge in [-0.05, 0) is 12.5 Å². The largest absolute Gasteiger partial charge is 0.473 e. The number of ether oxygens (including phenoxy) is 2. The molecule has 5 nitrogen and oxygen atoms in total. The van der Waals surface area contributed by atoms with Crippen LogP contribution in [0.1, 0.15) is 25.3 Å². The SMILES string of the molecule is CCCCOCCOc1nnccc1C#N. The predicted molar refractivity (Wildman–Crippen MR) is 58.0 cm³/mol. The first-order chi connectivity index (χ1) is 7.88. The Hall–Kier alpha value is -1.67. The van der Waals surface area contributed by atoms with Gasteiger partial charge in [-0.1, -0.05) is 13.3 Å². The molecule has 0 N–H and O–H groups in total. The van der Waals surface area contributed by atoms with Gasteiger partial charge in [-0.15, -0.1) is 5.10 Å². The van der Waals surface area contributed by atoms with Gasteiger partial charge in [-0.25, -0.2) is 0 Å². The molecular weight excluding hydrogens is 206 g/mol. The van der Waals surface area contributed by atoms with Gasteiger partial charge in [0, 0.05) is 6.61 Å². The van der Waals surface area contributed by atoms with E-state index >= 15 is 0 Å². The topological polar surface area (TPSA) is 68.0 Å². The minimum absolute atomic E-state index is 0.268. The zero-order valence-electron chi connectivity index (χ0n) is 9.35. The standard InChI is InChI=1S/C11H15N3O2/c1-2-3-6-15-7-8-16-11-10(9-12)4-5-13-14-11/h4-5H,2-3,6-8H2,1H3. The molecule has 0 radical (unpaired) electrons. The van der Waals surface area contributed by atoms with Crippen LogP contribution in [0.3, 0.4) is 0 Å². The Morgan fingerprint density at radius 3 is 3.00 bits per heavy atom. The van der Waals surface area contributed by atoms with E-state index in [1.807, 2.05) is 6.07 Å². The van der Waals surface area contributed by atoms with Crippen LogP contribution in [0, 0.1) is 11.3 Å². The second kappa shape index (κ2) is 7.60. The predicted octanol–water partition coefficient (Wildman–Crippen LogP) is 1.54. The maximum Gasteiger partial charge on any atom is 0.251 e. The number of nitrogens with zero attached hydrogens (tertiary/aromatic N) is 3. The zero-order chi connectivity index (χ0) is 11.6. The van der Waals surface area contributed by atoms with Gasteiger partial charge in [0.15, 0.2) is 0 Å². The van der Waals surface area contributed by atoms with E-state index in [1.54, 1.807) is 6.07 Å². The highest BCUT2D eigenvalue weighted by molar-refractivity contribution is 5.35. The fourth-order valence-electron chi connectivity index (χ4n) is 1.06. The van der Waals surface area contributed by atoms with Crippen molar-refractivity contribution >= 4 is 0 Å². The van der Waals surface area contributed by atoms with Crippen molar-refractivity contribution in [1.82, 2.24) is 10.2 Å². The van der Waals surface area contributed by atoms with Crippen LogP contribution in [0.2, 0.25) is 0 Å². The fourth-order valence-corrected chi connectivity index (χ4v) is 1.06. The van der Waals surface area contributed by atoms with Crippen molar-refractivity contribution in [3.05, 3.63) is 17.8 Å². The molecule has 0 aromatic carbocycles. The van der Waals surface area contributed by atoms with E-state index < -0.39 is 0 Å². The Morgan fingerprint density at radius 2 is 2.25 bits per heavy atom. The third-order valence-corrected chi connectivity index (χ3v) is 1.92. The molecule has 0 aliphatic carbocycles. The van der Waals surface area contributed by atoms with E-state index in [0.717, 1.165) is 19.4 Å². The minimum Gasteiger partial charge on any atom is -0.473 e. The fraction of sp³-hybridized carbons (Fsp3) is 0.545. The minimum atomic E-state index is 0.268. The first-order valence-corrected chi connectivity index (χ1v) is 5.30. The van der Waals surface area contributed by atoms with E-state index in [4.69, 9.17) is 14.7 Å². The Kier molecular flexibility index (Phi) is 5.89. The maximum absolute atomic E-state index is 8.76. The van der Waals surface area contributed by atoms with Crippen molar-refractivity contribution in [2.24, 2.45) is 0 Å². The summed E-state index contributed by atoms with van der Waals surface area (Å²) < 4.78 is 10.6. The summed E-state index contributed by atoms with van der Waals surface area (Å²) in [6, 6.07) is 3.56. The van der Waals surface area contributed by atoms with Gasteiger partial charge in [0.25, 0.3) is 5.88 Å². The smallest absolute Gasteiger partial charge is 0.251 e. The average molecular weight is 221 g/mol. The summed E-state index contributed by atoms with van der Waals surface area (Å²) in [4.78, 5) is 0. The van der Waals surface area contributed by atoms with Crippen LogP contribution in [0.4, 0.5) is 0 Å². The van der Waals surface area contributed by atoms with E-state index in [2.05, 4.69) is 17.1 Å². The van der Waals surface area contributed by atoms with Gasteiger partial charge in [0.05, 0.1) is 12.8 Å². The molecule has 1 rings (SSSR count). The number of hydrogen-bond donors (Lipinski definition) is 0. The highest BCUT2D eigenvalue weighted by Gasteiger charge is 2.03. The van der Waals surface area contributed by atoms with Gasteiger partial charge >= 0.3 is 0 Å². The van der Waals surface area contributed by atoms with Crippen molar-refractivity contribution < 1.29 is 9.47 Å². The molecule has 1 heterocycles. The normalized spacial score (nSPS) is 9.75. The van der Waals surface area contributed by atoms with Crippen LogP contribution in [-0.2, 0) is 4.74 Å². The molecule has 0 atom stereocenters. The number of unbranched alkanes of at least 4 members (excludes halogenated alkanes) is 1. The lowest BCUT2D eigenvalue weighted by molar-refractivity contribution is 0.0960. The maximum atomic E-state index is 8.76. The van der Waals surface area contributed by atoms with Gasteiger partial charge in [-0.2, -0.15) is 10.4 Å². The molecule has 16 heavy (non-hydrogen) atoms. The van der Waals surface area contributed by atoms with Gasteiger partial charge in [0.2, 0.25) is 0 Å². The van der Waals surface area contributed by atoms with Crippen LogP contribution in [0.25, 0.3) is 0 Å².